The van der Waals surface area contributed by atoms with Crippen LogP contribution in [0.5, 0.6) is 0 Å². The summed E-state index contributed by atoms with van der Waals surface area (Å²) in [5.74, 6) is -0.425. The molecule has 1 aliphatic carbocycles. The smallest absolute Gasteiger partial charge is 0.317 e. The third-order valence-corrected chi connectivity index (χ3v) is 5.64. The number of nitrogens with one attached hydrogen (secondary N) is 1. The number of nitrogens with zero attached hydrogens (tertiary/aromatic N) is 1. The van der Waals surface area contributed by atoms with Gasteiger partial charge in [-0.1, -0.05) is 6.92 Å². The van der Waals surface area contributed by atoms with E-state index in [9.17, 15) is 14.7 Å². The highest BCUT2D eigenvalue weighted by Crippen LogP contribution is 2.58. The van der Waals surface area contributed by atoms with Crippen molar-refractivity contribution < 1.29 is 19.4 Å². The maximum absolute atomic E-state index is 12.3. The summed E-state index contributed by atoms with van der Waals surface area (Å²) in [6.07, 6.45) is 4.06. The van der Waals surface area contributed by atoms with Gasteiger partial charge in [-0.3, -0.25) is 4.79 Å². The van der Waals surface area contributed by atoms with E-state index in [-0.39, 0.29) is 11.9 Å². The standard InChI is InChI=1S/C16H26N2O4/c1-11-6-12(14(19)20)10-18(9-11)15(21)17-8-13-7-16(13)2-4-22-5-3-16/h11-13H,2-10H2,1H3,(H,17,21)(H,19,20). The Hall–Kier alpha value is -1.30. The van der Waals surface area contributed by atoms with Gasteiger partial charge in [0.2, 0.25) is 0 Å². The first-order valence-electron chi connectivity index (χ1n) is 8.33. The SMILES string of the molecule is CC1CC(C(=O)O)CN(C(=O)NCC2CC23CCOCC3)C1. The predicted molar refractivity (Wildman–Crippen MR) is 80.5 cm³/mol. The number of amides is 2. The van der Waals surface area contributed by atoms with E-state index in [4.69, 9.17) is 4.74 Å². The molecule has 2 amide bonds. The van der Waals surface area contributed by atoms with E-state index >= 15 is 0 Å². The monoisotopic (exact) mass is 310 g/mol. The van der Waals surface area contributed by atoms with Crippen molar-refractivity contribution in [1.82, 2.24) is 10.2 Å². The van der Waals surface area contributed by atoms with Gasteiger partial charge in [-0.2, -0.15) is 0 Å². The number of hydrogen-bond donors (Lipinski definition) is 2. The van der Waals surface area contributed by atoms with Crippen molar-refractivity contribution in [3.05, 3.63) is 0 Å². The molecule has 3 atom stereocenters. The number of urea groups is 1. The number of carboxylic acid groups (broad SMARTS) is 1. The van der Waals surface area contributed by atoms with E-state index in [1.54, 1.807) is 4.90 Å². The second kappa shape index (κ2) is 6.07. The molecule has 2 heterocycles. The van der Waals surface area contributed by atoms with Crippen LogP contribution in [-0.2, 0) is 9.53 Å². The van der Waals surface area contributed by atoms with Crippen LogP contribution < -0.4 is 5.32 Å². The first-order valence-corrected chi connectivity index (χ1v) is 8.33. The minimum absolute atomic E-state index is 0.105. The fourth-order valence-corrected chi connectivity index (χ4v) is 4.13. The number of ether oxygens (including phenoxy) is 1. The molecule has 3 rings (SSSR count). The van der Waals surface area contributed by atoms with Gasteiger partial charge in [0.25, 0.3) is 0 Å². The van der Waals surface area contributed by atoms with Crippen LogP contribution in [0.25, 0.3) is 0 Å². The van der Waals surface area contributed by atoms with Gasteiger partial charge < -0.3 is 20.1 Å². The van der Waals surface area contributed by atoms with E-state index in [1.165, 1.54) is 6.42 Å². The number of carbonyl (C=O) groups excluding carboxylic acids is 1. The Morgan fingerprint density at radius 2 is 2.05 bits per heavy atom. The number of carbonyl (C=O) groups is 2. The summed E-state index contributed by atoms with van der Waals surface area (Å²) in [6, 6.07) is -0.105. The molecule has 3 unspecified atom stereocenters. The van der Waals surface area contributed by atoms with Crippen LogP contribution in [0.1, 0.15) is 32.6 Å². The van der Waals surface area contributed by atoms with E-state index in [1.807, 2.05) is 6.92 Å². The first kappa shape index (κ1) is 15.6. The maximum atomic E-state index is 12.3. The minimum atomic E-state index is -0.798. The Kier molecular flexibility index (Phi) is 4.30. The van der Waals surface area contributed by atoms with Gasteiger partial charge in [-0.15, -0.1) is 0 Å². The van der Waals surface area contributed by atoms with Crippen molar-refractivity contribution in [2.75, 3.05) is 32.8 Å². The summed E-state index contributed by atoms with van der Waals surface area (Å²) in [7, 11) is 0. The molecule has 6 nitrogen and oxygen atoms in total. The molecule has 3 fully saturated rings. The van der Waals surface area contributed by atoms with Gasteiger partial charge in [-0.05, 0) is 42.9 Å². The molecule has 1 spiro atoms. The average Bonchev–Trinajstić information content (AvgIpc) is 3.16. The van der Waals surface area contributed by atoms with Crippen LogP contribution in [0.4, 0.5) is 4.79 Å². The fourth-order valence-electron chi connectivity index (χ4n) is 4.13. The third-order valence-electron chi connectivity index (χ3n) is 5.64. The highest BCUT2D eigenvalue weighted by atomic mass is 16.5. The van der Waals surface area contributed by atoms with Gasteiger partial charge in [0.15, 0.2) is 0 Å². The molecule has 0 radical (unpaired) electrons. The topological polar surface area (TPSA) is 78.9 Å². The van der Waals surface area contributed by atoms with Gasteiger partial charge in [0.1, 0.15) is 0 Å². The zero-order valence-electron chi connectivity index (χ0n) is 13.2. The molecule has 2 N–H and O–H groups in total. The molecule has 22 heavy (non-hydrogen) atoms. The lowest BCUT2D eigenvalue weighted by molar-refractivity contribution is -0.143. The molecule has 1 saturated carbocycles. The second-order valence-electron chi connectivity index (χ2n) is 7.34. The second-order valence-corrected chi connectivity index (χ2v) is 7.34. The maximum Gasteiger partial charge on any atom is 0.317 e. The summed E-state index contributed by atoms with van der Waals surface area (Å²) >= 11 is 0. The quantitative estimate of drug-likeness (QED) is 0.829. The molecular formula is C16H26N2O4. The average molecular weight is 310 g/mol. The van der Waals surface area contributed by atoms with Crippen LogP contribution in [0, 0.1) is 23.2 Å². The van der Waals surface area contributed by atoms with E-state index in [2.05, 4.69) is 5.32 Å². The van der Waals surface area contributed by atoms with Gasteiger partial charge in [0.05, 0.1) is 5.92 Å². The van der Waals surface area contributed by atoms with Crippen LogP contribution in [-0.4, -0.2) is 54.9 Å². The number of piperidine rings is 1. The number of rotatable bonds is 3. The van der Waals surface area contributed by atoms with Crippen molar-refractivity contribution in [2.45, 2.75) is 32.6 Å². The molecule has 0 aromatic rings. The summed E-state index contributed by atoms with van der Waals surface area (Å²) < 4.78 is 5.41. The Morgan fingerprint density at radius 1 is 1.32 bits per heavy atom. The lowest BCUT2D eigenvalue weighted by Gasteiger charge is -2.34. The fraction of sp³-hybridized carbons (Fsp3) is 0.875. The highest BCUT2D eigenvalue weighted by Gasteiger charge is 2.53. The van der Waals surface area contributed by atoms with Gasteiger partial charge in [0, 0.05) is 32.8 Å². The Balaban J connectivity index is 1.47. The molecule has 2 aliphatic heterocycles. The summed E-state index contributed by atoms with van der Waals surface area (Å²) in [5.41, 5.74) is 0.407. The largest absolute Gasteiger partial charge is 0.481 e. The van der Waals surface area contributed by atoms with Crippen molar-refractivity contribution in [3.63, 3.8) is 0 Å². The van der Waals surface area contributed by atoms with E-state index < -0.39 is 11.9 Å². The number of aliphatic carboxylic acids is 1. The van der Waals surface area contributed by atoms with E-state index in [0.29, 0.717) is 37.4 Å². The number of likely N-dealkylation sites (tertiary alicyclic amines) is 1. The zero-order valence-corrected chi connectivity index (χ0v) is 13.2. The lowest BCUT2D eigenvalue weighted by Crippen LogP contribution is -2.50. The molecule has 0 aromatic heterocycles. The number of carboxylic acids is 1. The van der Waals surface area contributed by atoms with Crippen LogP contribution in [0.2, 0.25) is 0 Å². The zero-order chi connectivity index (χ0) is 15.7. The Morgan fingerprint density at radius 3 is 2.73 bits per heavy atom. The molecule has 124 valence electrons. The Bertz CT molecular complexity index is 447. The highest BCUT2D eigenvalue weighted by molar-refractivity contribution is 5.76. The molecule has 0 aromatic carbocycles. The Labute approximate surface area is 131 Å². The molecule has 2 saturated heterocycles. The molecule has 6 heteroatoms. The van der Waals surface area contributed by atoms with Crippen molar-refractivity contribution >= 4 is 12.0 Å². The molecule has 0 bridgehead atoms. The summed E-state index contributed by atoms with van der Waals surface area (Å²) in [6.45, 7) is 5.38. The third kappa shape index (κ3) is 3.21. The van der Waals surface area contributed by atoms with Crippen molar-refractivity contribution in [3.8, 4) is 0 Å². The van der Waals surface area contributed by atoms with Crippen molar-refractivity contribution in [2.24, 2.45) is 23.2 Å². The summed E-state index contributed by atoms with van der Waals surface area (Å²) in [5, 5.41) is 12.2. The minimum Gasteiger partial charge on any atom is -0.481 e. The molecule has 3 aliphatic rings. The normalized spacial score (nSPS) is 33.5. The van der Waals surface area contributed by atoms with Gasteiger partial charge in [-0.25, -0.2) is 4.79 Å². The predicted octanol–water partition coefficient (Wildman–Crippen LogP) is 1.56. The van der Waals surface area contributed by atoms with Crippen molar-refractivity contribution in [1.29, 1.82) is 0 Å². The van der Waals surface area contributed by atoms with Crippen LogP contribution in [0.3, 0.4) is 0 Å². The van der Waals surface area contributed by atoms with E-state index in [0.717, 1.165) is 26.1 Å². The van der Waals surface area contributed by atoms with Crippen LogP contribution >= 0.6 is 0 Å². The number of hydrogen-bond acceptors (Lipinski definition) is 3. The lowest BCUT2D eigenvalue weighted by atomic mass is 9.91. The molecular weight excluding hydrogens is 284 g/mol. The summed E-state index contributed by atoms with van der Waals surface area (Å²) in [4.78, 5) is 25.2. The first-order chi connectivity index (χ1) is 10.5. The van der Waals surface area contributed by atoms with Gasteiger partial charge >= 0.3 is 12.0 Å². The van der Waals surface area contributed by atoms with Crippen LogP contribution in [0.15, 0.2) is 0 Å².